The van der Waals surface area contributed by atoms with Crippen LogP contribution in [0.15, 0.2) is 54.2 Å². The van der Waals surface area contributed by atoms with E-state index in [4.69, 9.17) is 0 Å². The summed E-state index contributed by atoms with van der Waals surface area (Å²) in [5, 5.41) is 3.08. The molecule has 0 saturated heterocycles. The molecule has 0 aliphatic rings. The molecule has 2 rings (SSSR count). The number of benzene rings is 2. The first-order chi connectivity index (χ1) is 16.8. The fourth-order valence-electron chi connectivity index (χ4n) is 4.47. The molecule has 0 fully saturated rings. The molecule has 192 valence electrons. The zero-order chi connectivity index (χ0) is 25.8. The number of para-hydroxylation sites is 1. The zero-order valence-corrected chi connectivity index (χ0v) is 23.0. The van der Waals surface area contributed by atoms with Crippen molar-refractivity contribution in [2.45, 2.75) is 67.7 Å². The highest BCUT2D eigenvalue weighted by molar-refractivity contribution is 5.90. The average molecular weight is 479 g/mol. The number of aryl methyl sites for hydroxylation is 3. The lowest BCUT2D eigenvalue weighted by atomic mass is 10.1. The molecule has 0 atom stereocenters. The molecule has 2 amide bonds. The molecule has 0 saturated carbocycles. The zero-order valence-electron chi connectivity index (χ0n) is 23.0. The Hall–Kier alpha value is -2.79. The summed E-state index contributed by atoms with van der Waals surface area (Å²) in [5.74, 6) is 0. The molecule has 2 aromatic carbocycles. The molecule has 0 aliphatic carbocycles. The minimum atomic E-state index is -0.0255. The van der Waals surface area contributed by atoms with Gasteiger partial charge in [-0.05, 0) is 95.3 Å². The Bertz CT molecular complexity index is 948. The molecule has 0 aromatic heterocycles. The van der Waals surface area contributed by atoms with E-state index in [1.165, 1.54) is 22.5 Å². The van der Waals surface area contributed by atoms with Crippen molar-refractivity contribution in [1.82, 2.24) is 9.80 Å². The molecule has 0 heterocycles. The smallest absolute Gasteiger partial charge is 0.321 e. The highest BCUT2D eigenvalue weighted by atomic mass is 16.2. The van der Waals surface area contributed by atoms with Crippen molar-refractivity contribution in [3.8, 4) is 0 Å². The Kier molecular flexibility index (Phi) is 11.8. The van der Waals surface area contributed by atoms with Crippen molar-refractivity contribution in [3.05, 3.63) is 70.9 Å². The fourth-order valence-corrected chi connectivity index (χ4v) is 4.47. The van der Waals surface area contributed by atoms with Crippen molar-refractivity contribution < 1.29 is 4.79 Å². The van der Waals surface area contributed by atoms with E-state index in [9.17, 15) is 4.79 Å². The number of carbonyl (C=O) groups excluding carboxylic acids is 1. The van der Waals surface area contributed by atoms with E-state index < -0.39 is 0 Å². The largest absolute Gasteiger partial charge is 0.332 e. The molecule has 5 heteroatoms. The third-order valence-electron chi connectivity index (χ3n) is 6.28. The number of anilines is 2. The standard InChI is InChI=1S/C30H46N4O/c1-8-14-27(7)34(28-21-24(4)20-25(5)22-28)23-32(17-9-2)18-13-19-33(10-3)30(35)31-29-16-12-11-15-26(29)6/h11-12,14-16,20-22H,8-10,13,17-19,23H2,1-7H3,(H,31,35)/b27-14+. The third-order valence-corrected chi connectivity index (χ3v) is 6.28. The molecule has 0 aliphatic heterocycles. The lowest BCUT2D eigenvalue weighted by molar-refractivity contribution is 0.206. The summed E-state index contributed by atoms with van der Waals surface area (Å²) in [6.45, 7) is 19.3. The SMILES string of the molecule is CC/C=C(\C)N(CN(CCC)CCCN(CC)C(=O)Nc1ccccc1C)c1cc(C)cc(C)c1. The highest BCUT2D eigenvalue weighted by Crippen LogP contribution is 2.23. The first-order valence-corrected chi connectivity index (χ1v) is 13.1. The fraction of sp³-hybridized carbons (Fsp3) is 0.500. The minimum Gasteiger partial charge on any atom is -0.332 e. The lowest BCUT2D eigenvalue weighted by Gasteiger charge is -2.33. The normalized spacial score (nSPS) is 11.6. The first kappa shape index (κ1) is 28.4. The van der Waals surface area contributed by atoms with Gasteiger partial charge in [0.25, 0.3) is 0 Å². The van der Waals surface area contributed by atoms with Gasteiger partial charge in [0.15, 0.2) is 0 Å². The van der Waals surface area contributed by atoms with Gasteiger partial charge in [0.1, 0.15) is 0 Å². The summed E-state index contributed by atoms with van der Waals surface area (Å²) in [6.07, 6.45) is 5.35. The number of nitrogens with one attached hydrogen (secondary N) is 1. The van der Waals surface area contributed by atoms with Crippen molar-refractivity contribution in [1.29, 1.82) is 0 Å². The number of allylic oxidation sites excluding steroid dienone is 2. The number of hydrogen-bond acceptors (Lipinski definition) is 3. The molecule has 2 aromatic rings. The van der Waals surface area contributed by atoms with E-state index in [0.717, 1.165) is 56.8 Å². The molecule has 5 nitrogen and oxygen atoms in total. The molecule has 1 N–H and O–H groups in total. The third kappa shape index (κ3) is 9.06. The second-order valence-corrected chi connectivity index (χ2v) is 9.47. The topological polar surface area (TPSA) is 38.8 Å². The summed E-state index contributed by atoms with van der Waals surface area (Å²) in [7, 11) is 0. The van der Waals surface area contributed by atoms with Crippen molar-refractivity contribution in [2.24, 2.45) is 0 Å². The summed E-state index contributed by atoms with van der Waals surface area (Å²) in [4.78, 5) is 19.7. The van der Waals surface area contributed by atoms with E-state index in [0.29, 0.717) is 6.54 Å². The van der Waals surface area contributed by atoms with E-state index >= 15 is 0 Å². The van der Waals surface area contributed by atoms with Gasteiger partial charge in [-0.2, -0.15) is 0 Å². The number of amides is 2. The van der Waals surface area contributed by atoms with Crippen LogP contribution in [0.3, 0.4) is 0 Å². The van der Waals surface area contributed by atoms with Gasteiger partial charge >= 0.3 is 6.03 Å². The van der Waals surface area contributed by atoms with Crippen molar-refractivity contribution in [2.75, 3.05) is 43.1 Å². The van der Waals surface area contributed by atoms with Crippen LogP contribution in [0.2, 0.25) is 0 Å². The van der Waals surface area contributed by atoms with Gasteiger partial charge in [-0.25, -0.2) is 4.79 Å². The van der Waals surface area contributed by atoms with Gasteiger partial charge < -0.3 is 15.1 Å². The van der Waals surface area contributed by atoms with Gasteiger partial charge in [0, 0.05) is 36.7 Å². The summed E-state index contributed by atoms with van der Waals surface area (Å²) >= 11 is 0. The summed E-state index contributed by atoms with van der Waals surface area (Å²) in [5.41, 5.74) is 7.06. The van der Waals surface area contributed by atoms with Gasteiger partial charge in [-0.15, -0.1) is 0 Å². The first-order valence-electron chi connectivity index (χ1n) is 13.1. The van der Waals surface area contributed by atoms with Crippen LogP contribution in [0.4, 0.5) is 16.2 Å². The molecule has 0 spiro atoms. The number of urea groups is 1. The molecule has 0 bridgehead atoms. The maximum Gasteiger partial charge on any atom is 0.321 e. The van der Waals surface area contributed by atoms with Crippen LogP contribution in [0.5, 0.6) is 0 Å². The maximum absolute atomic E-state index is 12.9. The van der Waals surface area contributed by atoms with Crippen LogP contribution in [0.25, 0.3) is 0 Å². The number of hydrogen-bond donors (Lipinski definition) is 1. The predicted molar refractivity (Wildman–Crippen MR) is 151 cm³/mol. The highest BCUT2D eigenvalue weighted by Gasteiger charge is 2.16. The Morgan fingerprint density at radius 3 is 2.23 bits per heavy atom. The van der Waals surface area contributed by atoms with Gasteiger partial charge in [0.2, 0.25) is 0 Å². The second-order valence-electron chi connectivity index (χ2n) is 9.47. The molecular weight excluding hydrogens is 432 g/mol. The van der Waals surface area contributed by atoms with Crippen LogP contribution in [-0.4, -0.2) is 48.7 Å². The van der Waals surface area contributed by atoms with Crippen molar-refractivity contribution in [3.63, 3.8) is 0 Å². The molecule has 35 heavy (non-hydrogen) atoms. The Labute approximate surface area is 213 Å². The molecule has 0 radical (unpaired) electrons. The predicted octanol–water partition coefficient (Wildman–Crippen LogP) is 7.35. The van der Waals surface area contributed by atoms with Crippen LogP contribution < -0.4 is 10.2 Å². The number of rotatable bonds is 13. The summed E-state index contributed by atoms with van der Waals surface area (Å²) in [6, 6.07) is 14.7. The van der Waals surface area contributed by atoms with E-state index in [1.54, 1.807) is 0 Å². The minimum absolute atomic E-state index is 0.0255. The van der Waals surface area contributed by atoms with Gasteiger partial charge in [-0.3, -0.25) is 4.90 Å². The van der Waals surface area contributed by atoms with Gasteiger partial charge in [0.05, 0.1) is 6.67 Å². The average Bonchev–Trinajstić information content (AvgIpc) is 2.81. The van der Waals surface area contributed by atoms with E-state index in [-0.39, 0.29) is 6.03 Å². The van der Waals surface area contributed by atoms with Crippen LogP contribution in [0.1, 0.15) is 63.6 Å². The second kappa shape index (κ2) is 14.6. The van der Waals surface area contributed by atoms with Crippen molar-refractivity contribution >= 4 is 17.4 Å². The van der Waals surface area contributed by atoms with Crippen LogP contribution >= 0.6 is 0 Å². The Morgan fingerprint density at radius 1 is 0.943 bits per heavy atom. The Balaban J connectivity index is 2.06. The van der Waals surface area contributed by atoms with E-state index in [2.05, 4.69) is 74.0 Å². The molecule has 0 unspecified atom stereocenters. The van der Waals surface area contributed by atoms with E-state index in [1.807, 2.05) is 43.0 Å². The number of carbonyl (C=O) groups is 1. The van der Waals surface area contributed by atoms with Crippen LogP contribution in [-0.2, 0) is 0 Å². The van der Waals surface area contributed by atoms with Gasteiger partial charge in [-0.1, -0.05) is 44.2 Å². The Morgan fingerprint density at radius 2 is 1.63 bits per heavy atom. The number of nitrogens with zero attached hydrogens (tertiary/aromatic N) is 3. The quantitative estimate of drug-likeness (QED) is 0.306. The van der Waals surface area contributed by atoms with Crippen LogP contribution in [0, 0.1) is 20.8 Å². The summed E-state index contributed by atoms with van der Waals surface area (Å²) < 4.78 is 0. The lowest BCUT2D eigenvalue weighted by Crippen LogP contribution is -2.40. The maximum atomic E-state index is 12.9. The monoisotopic (exact) mass is 478 g/mol. The molecular formula is C30H46N4O.